The van der Waals surface area contributed by atoms with E-state index in [-0.39, 0.29) is 5.78 Å². The first-order chi connectivity index (χ1) is 9.01. The highest BCUT2D eigenvalue weighted by molar-refractivity contribution is 5.94. The van der Waals surface area contributed by atoms with E-state index in [1.54, 1.807) is 20.3 Å². The normalized spacial score (nSPS) is 27.2. The van der Waals surface area contributed by atoms with E-state index >= 15 is 0 Å². The van der Waals surface area contributed by atoms with Gasteiger partial charge in [0.05, 0.1) is 19.6 Å². The molecule has 104 valence electrons. The van der Waals surface area contributed by atoms with Gasteiger partial charge in [-0.1, -0.05) is 0 Å². The molecule has 0 aromatic heterocycles. The molecular formula is C15H20O4. The zero-order chi connectivity index (χ0) is 14.0. The molecule has 1 aromatic carbocycles. The van der Waals surface area contributed by atoms with Crippen molar-refractivity contribution in [2.75, 3.05) is 14.2 Å². The van der Waals surface area contributed by atoms with Gasteiger partial charge in [0.1, 0.15) is 17.6 Å². The first kappa shape index (κ1) is 13.9. The molecule has 4 heteroatoms. The fourth-order valence-corrected chi connectivity index (χ4v) is 2.68. The van der Waals surface area contributed by atoms with Gasteiger partial charge in [0, 0.05) is 6.07 Å². The van der Waals surface area contributed by atoms with Gasteiger partial charge in [-0.2, -0.15) is 0 Å². The SMILES string of the molecule is COc1cc(OC)cc(C2(C)CCCC(O)C2=O)c1. The summed E-state index contributed by atoms with van der Waals surface area (Å²) in [5, 5.41) is 9.82. The number of carbonyl (C=O) groups excluding carboxylic acids is 1. The molecule has 0 amide bonds. The van der Waals surface area contributed by atoms with E-state index in [0.717, 1.165) is 18.4 Å². The Bertz CT molecular complexity index is 461. The minimum atomic E-state index is -0.865. The maximum atomic E-state index is 12.3. The summed E-state index contributed by atoms with van der Waals surface area (Å²) in [6.07, 6.45) is 1.26. The molecule has 2 rings (SSSR count). The van der Waals surface area contributed by atoms with Crippen molar-refractivity contribution in [2.24, 2.45) is 0 Å². The minimum absolute atomic E-state index is 0.117. The van der Waals surface area contributed by atoms with Crippen LogP contribution >= 0.6 is 0 Å². The van der Waals surface area contributed by atoms with Gasteiger partial charge in [-0.15, -0.1) is 0 Å². The largest absolute Gasteiger partial charge is 0.497 e. The Hall–Kier alpha value is -1.55. The Morgan fingerprint density at radius 3 is 2.32 bits per heavy atom. The van der Waals surface area contributed by atoms with E-state index < -0.39 is 11.5 Å². The van der Waals surface area contributed by atoms with Crippen molar-refractivity contribution in [2.45, 2.75) is 37.7 Å². The molecule has 2 unspecified atom stereocenters. The van der Waals surface area contributed by atoms with Gasteiger partial charge in [0.15, 0.2) is 5.78 Å². The molecule has 2 atom stereocenters. The molecule has 0 heterocycles. The van der Waals surface area contributed by atoms with Crippen LogP contribution in [-0.2, 0) is 10.2 Å². The van der Waals surface area contributed by atoms with E-state index in [1.807, 2.05) is 19.1 Å². The Morgan fingerprint density at radius 2 is 1.79 bits per heavy atom. The van der Waals surface area contributed by atoms with Gasteiger partial charge in [0.25, 0.3) is 0 Å². The van der Waals surface area contributed by atoms with Crippen LogP contribution in [0.25, 0.3) is 0 Å². The molecule has 0 spiro atoms. The molecule has 0 bridgehead atoms. The maximum Gasteiger partial charge on any atom is 0.171 e. The number of methoxy groups -OCH3 is 2. The number of hydrogen-bond donors (Lipinski definition) is 1. The molecule has 0 radical (unpaired) electrons. The van der Waals surface area contributed by atoms with Gasteiger partial charge in [-0.25, -0.2) is 0 Å². The highest BCUT2D eigenvalue weighted by Gasteiger charge is 2.42. The van der Waals surface area contributed by atoms with Crippen LogP contribution in [0.1, 0.15) is 31.7 Å². The summed E-state index contributed by atoms with van der Waals surface area (Å²) in [5.41, 5.74) is 0.173. The van der Waals surface area contributed by atoms with Crippen LogP contribution in [0.4, 0.5) is 0 Å². The van der Waals surface area contributed by atoms with E-state index in [4.69, 9.17) is 9.47 Å². The van der Waals surface area contributed by atoms with Crippen LogP contribution in [0.15, 0.2) is 18.2 Å². The van der Waals surface area contributed by atoms with Crippen molar-refractivity contribution in [1.82, 2.24) is 0 Å². The number of Topliss-reactive ketones (excluding diaryl/α,β-unsaturated/α-hetero) is 1. The lowest BCUT2D eigenvalue weighted by Gasteiger charge is -2.35. The fraction of sp³-hybridized carbons (Fsp3) is 0.533. The molecule has 1 aliphatic carbocycles. The van der Waals surface area contributed by atoms with Gasteiger partial charge in [-0.05, 0) is 43.9 Å². The predicted octanol–water partition coefficient (Wildman–Crippen LogP) is 2.08. The molecule has 0 saturated heterocycles. The zero-order valence-electron chi connectivity index (χ0n) is 11.6. The van der Waals surface area contributed by atoms with E-state index in [9.17, 15) is 9.90 Å². The molecule has 1 aromatic rings. The lowest BCUT2D eigenvalue weighted by Crippen LogP contribution is -2.44. The van der Waals surface area contributed by atoms with Crippen LogP contribution in [0.3, 0.4) is 0 Å². The molecule has 0 aliphatic heterocycles. The van der Waals surface area contributed by atoms with Crippen molar-refractivity contribution in [1.29, 1.82) is 0 Å². The Morgan fingerprint density at radius 1 is 1.21 bits per heavy atom. The van der Waals surface area contributed by atoms with Crippen molar-refractivity contribution in [3.8, 4) is 11.5 Å². The fourth-order valence-electron chi connectivity index (χ4n) is 2.68. The summed E-state index contributed by atoms with van der Waals surface area (Å²) < 4.78 is 10.5. The van der Waals surface area contributed by atoms with Gasteiger partial charge >= 0.3 is 0 Å². The smallest absolute Gasteiger partial charge is 0.171 e. The average Bonchev–Trinajstić information content (AvgIpc) is 2.44. The number of aliphatic hydroxyl groups is 1. The zero-order valence-corrected chi connectivity index (χ0v) is 11.6. The monoisotopic (exact) mass is 264 g/mol. The second-order valence-electron chi connectivity index (χ2n) is 5.21. The molecule has 19 heavy (non-hydrogen) atoms. The molecule has 1 N–H and O–H groups in total. The lowest BCUT2D eigenvalue weighted by atomic mass is 9.69. The lowest BCUT2D eigenvalue weighted by molar-refractivity contribution is -0.135. The number of ketones is 1. The molecule has 1 fully saturated rings. The van der Waals surface area contributed by atoms with Crippen LogP contribution in [0.5, 0.6) is 11.5 Å². The summed E-state index contributed by atoms with van der Waals surface area (Å²) >= 11 is 0. The second-order valence-corrected chi connectivity index (χ2v) is 5.21. The minimum Gasteiger partial charge on any atom is -0.497 e. The van der Waals surface area contributed by atoms with E-state index in [2.05, 4.69) is 0 Å². The average molecular weight is 264 g/mol. The summed E-state index contributed by atoms with van der Waals surface area (Å²) in [4.78, 5) is 12.3. The van der Waals surface area contributed by atoms with Gasteiger partial charge in [0.2, 0.25) is 0 Å². The number of aliphatic hydroxyl groups excluding tert-OH is 1. The number of rotatable bonds is 3. The Balaban J connectivity index is 2.47. The van der Waals surface area contributed by atoms with Crippen molar-refractivity contribution in [3.05, 3.63) is 23.8 Å². The maximum absolute atomic E-state index is 12.3. The molecule has 1 saturated carbocycles. The predicted molar refractivity (Wildman–Crippen MR) is 71.8 cm³/mol. The third kappa shape index (κ3) is 2.45. The van der Waals surface area contributed by atoms with E-state index in [1.165, 1.54) is 0 Å². The topological polar surface area (TPSA) is 55.8 Å². The van der Waals surface area contributed by atoms with Crippen molar-refractivity contribution >= 4 is 5.78 Å². The Kier molecular flexibility index (Phi) is 3.80. The van der Waals surface area contributed by atoms with Crippen LogP contribution < -0.4 is 9.47 Å². The van der Waals surface area contributed by atoms with Crippen LogP contribution in [0.2, 0.25) is 0 Å². The summed E-state index contributed by atoms with van der Waals surface area (Å²) in [6, 6.07) is 5.47. The highest BCUT2D eigenvalue weighted by atomic mass is 16.5. The van der Waals surface area contributed by atoms with Gasteiger partial charge < -0.3 is 14.6 Å². The van der Waals surface area contributed by atoms with Crippen LogP contribution in [-0.4, -0.2) is 31.2 Å². The van der Waals surface area contributed by atoms with Crippen molar-refractivity contribution in [3.63, 3.8) is 0 Å². The third-order valence-electron chi connectivity index (χ3n) is 3.99. The number of carbonyl (C=O) groups is 1. The van der Waals surface area contributed by atoms with Gasteiger partial charge in [-0.3, -0.25) is 4.79 Å². The quantitative estimate of drug-likeness (QED) is 0.908. The highest BCUT2D eigenvalue weighted by Crippen LogP contribution is 2.39. The van der Waals surface area contributed by atoms with Crippen LogP contribution in [0, 0.1) is 0 Å². The standard InChI is InChI=1S/C15H20O4/c1-15(6-4-5-13(16)14(15)17)10-7-11(18-2)9-12(8-10)19-3/h7-9,13,16H,4-6H2,1-3H3. The number of ether oxygens (including phenoxy) is 2. The number of hydrogen-bond acceptors (Lipinski definition) is 4. The summed E-state index contributed by atoms with van der Waals surface area (Å²) in [5.74, 6) is 1.20. The Labute approximate surface area is 113 Å². The molecule has 4 nitrogen and oxygen atoms in total. The molecule has 1 aliphatic rings. The third-order valence-corrected chi connectivity index (χ3v) is 3.99. The molecular weight excluding hydrogens is 244 g/mol. The summed E-state index contributed by atoms with van der Waals surface area (Å²) in [7, 11) is 3.16. The van der Waals surface area contributed by atoms with Crippen molar-refractivity contribution < 1.29 is 19.4 Å². The first-order valence-corrected chi connectivity index (χ1v) is 6.47. The summed E-state index contributed by atoms with van der Waals surface area (Å²) in [6.45, 7) is 1.88. The van der Waals surface area contributed by atoms with E-state index in [0.29, 0.717) is 17.9 Å². The number of benzene rings is 1. The first-order valence-electron chi connectivity index (χ1n) is 6.47. The second kappa shape index (κ2) is 5.21.